The molecule has 1 aliphatic heterocycles. The van der Waals surface area contributed by atoms with Crippen LogP contribution in [0, 0.1) is 12.7 Å². The van der Waals surface area contributed by atoms with Gasteiger partial charge in [0.2, 0.25) is 0 Å². The van der Waals surface area contributed by atoms with Crippen molar-refractivity contribution in [2.24, 2.45) is 0 Å². The highest BCUT2D eigenvalue weighted by Crippen LogP contribution is 2.59. The zero-order valence-electron chi connectivity index (χ0n) is 13.4. The number of fused-ring (bicyclic) bond motifs is 2. The average molecular weight is 363 g/mol. The molecule has 2 aromatic rings. The highest BCUT2D eigenvalue weighted by Gasteiger charge is 2.45. The number of halogens is 1. The Morgan fingerprint density at radius 2 is 2.04 bits per heavy atom. The zero-order valence-corrected chi connectivity index (χ0v) is 15.0. The van der Waals surface area contributed by atoms with Gasteiger partial charge >= 0.3 is 0 Å². The van der Waals surface area contributed by atoms with Crippen molar-refractivity contribution < 1.29 is 13.6 Å². The van der Waals surface area contributed by atoms with Crippen molar-refractivity contribution in [2.45, 2.75) is 30.3 Å². The van der Waals surface area contributed by atoms with E-state index in [1.807, 2.05) is 30.4 Å². The van der Waals surface area contributed by atoms with Crippen LogP contribution >= 0.6 is 23.5 Å². The van der Waals surface area contributed by atoms with E-state index < -0.39 is 5.82 Å². The van der Waals surface area contributed by atoms with Crippen molar-refractivity contribution in [3.63, 3.8) is 0 Å². The van der Waals surface area contributed by atoms with E-state index in [4.69, 9.17) is 4.42 Å². The highest BCUT2D eigenvalue weighted by molar-refractivity contribution is 8.20. The van der Waals surface area contributed by atoms with Crippen LogP contribution in [0.5, 0.6) is 0 Å². The van der Waals surface area contributed by atoms with E-state index in [0.29, 0.717) is 5.76 Å². The quantitative estimate of drug-likeness (QED) is 0.820. The predicted molar refractivity (Wildman–Crippen MR) is 97.3 cm³/mol. The molecule has 0 radical (unpaired) electrons. The third-order valence-corrected chi connectivity index (χ3v) is 8.12. The van der Waals surface area contributed by atoms with Crippen LogP contribution in [-0.4, -0.2) is 17.4 Å². The maximum Gasteiger partial charge on any atom is 0.291 e. The van der Waals surface area contributed by atoms with Gasteiger partial charge in [-0.15, -0.1) is 23.5 Å². The lowest BCUT2D eigenvalue weighted by Crippen LogP contribution is -2.21. The predicted octanol–water partition coefficient (Wildman–Crippen LogP) is 4.95. The van der Waals surface area contributed by atoms with Crippen molar-refractivity contribution in [3.05, 3.63) is 52.7 Å². The molecule has 24 heavy (non-hydrogen) atoms. The smallest absolute Gasteiger partial charge is 0.291 e. The van der Waals surface area contributed by atoms with Gasteiger partial charge in [-0.2, -0.15) is 0 Å². The van der Waals surface area contributed by atoms with E-state index in [1.54, 1.807) is 18.2 Å². The molecule has 1 fully saturated rings. The summed E-state index contributed by atoms with van der Waals surface area (Å²) in [4.78, 5) is 12.6. The van der Waals surface area contributed by atoms with Crippen LogP contribution in [0.15, 0.2) is 28.7 Å². The van der Waals surface area contributed by atoms with Gasteiger partial charge in [0, 0.05) is 29.1 Å². The average Bonchev–Trinajstić information content (AvgIpc) is 3.16. The molecular weight excluding hydrogens is 345 g/mol. The number of aryl methyl sites for hydroxylation is 1. The molecule has 126 valence electrons. The van der Waals surface area contributed by atoms with Gasteiger partial charge < -0.3 is 9.73 Å². The lowest BCUT2D eigenvalue weighted by atomic mass is 9.94. The molecule has 1 spiro atoms. The van der Waals surface area contributed by atoms with Gasteiger partial charge in [0.1, 0.15) is 11.6 Å². The van der Waals surface area contributed by atoms with Gasteiger partial charge in [-0.25, -0.2) is 4.39 Å². The number of amides is 1. The number of carbonyl (C=O) groups is 1. The number of benzene rings is 1. The molecule has 1 aliphatic carbocycles. The van der Waals surface area contributed by atoms with Crippen molar-refractivity contribution in [3.8, 4) is 0 Å². The summed E-state index contributed by atoms with van der Waals surface area (Å²) in [6, 6.07) is 6.17. The number of thioether (sulfide) groups is 2. The standard InChI is InChI=1S/C18H18FNO2S2/c1-11-15-14(7-4-8-18(15)23-9-10-24-18)22-16(11)17(21)20-13-6-3-2-5-12(13)19/h2-3,5-6H,4,7-10H2,1H3,(H,20,21). The topological polar surface area (TPSA) is 42.2 Å². The molecule has 3 nitrogen and oxygen atoms in total. The first-order valence-electron chi connectivity index (χ1n) is 8.07. The Morgan fingerprint density at radius 3 is 2.79 bits per heavy atom. The Bertz CT molecular complexity index is 796. The van der Waals surface area contributed by atoms with Crippen LogP contribution in [-0.2, 0) is 10.5 Å². The molecule has 1 amide bonds. The molecule has 6 heteroatoms. The summed E-state index contributed by atoms with van der Waals surface area (Å²) >= 11 is 3.93. The number of carbonyl (C=O) groups excluding carboxylic acids is 1. The fraction of sp³-hybridized carbons (Fsp3) is 0.389. The molecule has 2 heterocycles. The second-order valence-corrected chi connectivity index (χ2v) is 9.14. The molecule has 1 aromatic carbocycles. The number of anilines is 1. The molecule has 0 saturated carbocycles. The monoisotopic (exact) mass is 363 g/mol. The Morgan fingerprint density at radius 1 is 1.29 bits per heavy atom. The van der Waals surface area contributed by atoms with Crippen LogP contribution in [0.1, 0.15) is 40.3 Å². The number of hydrogen-bond acceptors (Lipinski definition) is 4. The fourth-order valence-electron chi connectivity index (χ4n) is 3.56. The molecule has 1 N–H and O–H groups in total. The summed E-state index contributed by atoms with van der Waals surface area (Å²) in [7, 11) is 0. The third-order valence-electron chi connectivity index (χ3n) is 4.59. The molecule has 2 aliphatic rings. The van der Waals surface area contributed by atoms with Crippen molar-refractivity contribution >= 4 is 35.1 Å². The minimum atomic E-state index is -0.446. The van der Waals surface area contributed by atoms with Crippen LogP contribution in [0.2, 0.25) is 0 Å². The van der Waals surface area contributed by atoms with Crippen molar-refractivity contribution in [1.29, 1.82) is 0 Å². The lowest BCUT2D eigenvalue weighted by Gasteiger charge is -2.31. The summed E-state index contributed by atoms with van der Waals surface area (Å²) in [6.07, 6.45) is 3.06. The van der Waals surface area contributed by atoms with Crippen molar-refractivity contribution in [2.75, 3.05) is 16.8 Å². The van der Waals surface area contributed by atoms with Gasteiger partial charge in [-0.3, -0.25) is 4.79 Å². The minimum Gasteiger partial charge on any atom is -0.455 e. The van der Waals surface area contributed by atoms with Crippen molar-refractivity contribution in [1.82, 2.24) is 0 Å². The summed E-state index contributed by atoms with van der Waals surface area (Å²) in [6.45, 7) is 1.95. The summed E-state index contributed by atoms with van der Waals surface area (Å²) in [5.74, 6) is 2.68. The first-order chi connectivity index (χ1) is 11.6. The maximum atomic E-state index is 13.8. The number of rotatable bonds is 2. The zero-order chi connectivity index (χ0) is 16.7. The summed E-state index contributed by atoms with van der Waals surface area (Å²) < 4.78 is 19.8. The van der Waals surface area contributed by atoms with E-state index >= 15 is 0 Å². The Labute approximate surface area is 148 Å². The van der Waals surface area contributed by atoms with Gasteiger partial charge in [-0.1, -0.05) is 12.1 Å². The lowest BCUT2D eigenvalue weighted by molar-refractivity contribution is 0.0993. The van der Waals surface area contributed by atoms with E-state index in [-0.39, 0.29) is 15.7 Å². The largest absolute Gasteiger partial charge is 0.455 e. The summed E-state index contributed by atoms with van der Waals surface area (Å²) in [5.41, 5.74) is 2.27. The van der Waals surface area contributed by atoms with E-state index in [2.05, 4.69) is 5.32 Å². The molecule has 1 saturated heterocycles. The maximum absolute atomic E-state index is 13.8. The van der Waals surface area contributed by atoms with Gasteiger partial charge in [0.25, 0.3) is 5.91 Å². The molecule has 0 bridgehead atoms. The second-order valence-electron chi connectivity index (χ2n) is 6.09. The first kappa shape index (κ1) is 16.1. The normalized spacial score (nSPS) is 18.6. The van der Waals surface area contributed by atoms with Crippen LogP contribution in [0.3, 0.4) is 0 Å². The Hall–Kier alpha value is -1.40. The van der Waals surface area contributed by atoms with E-state index in [0.717, 1.165) is 42.1 Å². The van der Waals surface area contributed by atoms with Gasteiger partial charge in [0.15, 0.2) is 5.76 Å². The number of para-hydroxylation sites is 1. The van der Waals surface area contributed by atoms with E-state index in [9.17, 15) is 9.18 Å². The Balaban J connectivity index is 1.69. The summed E-state index contributed by atoms with van der Waals surface area (Å²) in [5, 5.41) is 2.63. The first-order valence-corrected chi connectivity index (χ1v) is 10.0. The number of hydrogen-bond donors (Lipinski definition) is 1. The molecular formula is C18H18FNO2S2. The van der Waals surface area contributed by atoms with E-state index in [1.165, 1.54) is 11.6 Å². The Kier molecular flexibility index (Phi) is 4.12. The fourth-order valence-corrected chi connectivity index (χ4v) is 7.12. The highest BCUT2D eigenvalue weighted by atomic mass is 32.2. The second kappa shape index (κ2) is 6.15. The number of nitrogens with one attached hydrogen (secondary N) is 1. The van der Waals surface area contributed by atoms with Gasteiger partial charge in [-0.05, 0) is 31.9 Å². The SMILES string of the molecule is Cc1c(C(=O)Nc2ccccc2F)oc2c1C1(CCC2)SCCS1. The molecule has 0 atom stereocenters. The minimum absolute atomic E-state index is 0.0394. The molecule has 4 rings (SSSR count). The number of furan rings is 1. The third kappa shape index (κ3) is 2.56. The van der Waals surface area contributed by atoms with Crippen LogP contribution in [0.25, 0.3) is 0 Å². The molecule has 1 aromatic heterocycles. The molecule has 0 unspecified atom stereocenters. The van der Waals surface area contributed by atoms with Crippen LogP contribution in [0.4, 0.5) is 10.1 Å². The van der Waals surface area contributed by atoms with Crippen LogP contribution < -0.4 is 5.32 Å². The van der Waals surface area contributed by atoms with Gasteiger partial charge in [0.05, 0.1) is 9.77 Å².